The Morgan fingerprint density at radius 3 is 2.56 bits per heavy atom. The second-order valence-electron chi connectivity index (χ2n) is 8.83. The molecule has 1 aromatic carbocycles. The molecule has 4 amide bonds. The van der Waals surface area contributed by atoms with E-state index in [0.717, 1.165) is 12.0 Å². The van der Waals surface area contributed by atoms with Crippen LogP contribution in [0.1, 0.15) is 37.7 Å². The highest BCUT2D eigenvalue weighted by atomic mass is 16.5. The summed E-state index contributed by atoms with van der Waals surface area (Å²) in [7, 11) is 0. The third kappa shape index (κ3) is 7.16. The van der Waals surface area contributed by atoms with Crippen molar-refractivity contribution in [1.29, 1.82) is 0 Å². The molecular weight excluding hydrogens is 442 g/mol. The number of fused-ring (bicyclic) bond motifs is 12. The minimum atomic E-state index is -1.17. The number of carbonyl (C=O) groups excluding carboxylic acids is 4. The third-order valence-corrected chi connectivity index (χ3v) is 6.16. The van der Waals surface area contributed by atoms with E-state index in [1.807, 2.05) is 17.0 Å². The molecule has 1 unspecified atom stereocenters. The number of primary amides is 2. The van der Waals surface area contributed by atoms with E-state index < -0.39 is 47.9 Å². The first-order chi connectivity index (χ1) is 16.2. The van der Waals surface area contributed by atoms with Gasteiger partial charge in [0.15, 0.2) is 0 Å². The summed E-state index contributed by atoms with van der Waals surface area (Å²) in [5.74, 6) is -1.57. The van der Waals surface area contributed by atoms with Crippen LogP contribution in [0.25, 0.3) is 0 Å². The van der Waals surface area contributed by atoms with Gasteiger partial charge in [0.2, 0.25) is 23.6 Å². The largest absolute Gasteiger partial charge is 0.494 e. The Morgan fingerprint density at radius 1 is 1.15 bits per heavy atom. The van der Waals surface area contributed by atoms with Gasteiger partial charge in [0.25, 0.3) is 0 Å². The van der Waals surface area contributed by atoms with Crippen molar-refractivity contribution in [2.24, 2.45) is 11.5 Å². The number of aliphatic hydroxyl groups excluding tert-OH is 1. The number of ether oxygens (including phenoxy) is 1. The normalized spacial score (nSPS) is 25.4. The summed E-state index contributed by atoms with van der Waals surface area (Å²) >= 11 is 0. The quantitative estimate of drug-likeness (QED) is 0.334. The fraction of sp³-hybridized carbons (Fsp3) is 0.565. The molecule has 11 heteroatoms. The highest BCUT2D eigenvalue weighted by Gasteiger charge is 2.34. The van der Waals surface area contributed by atoms with Crippen LogP contribution in [0.3, 0.4) is 0 Å². The van der Waals surface area contributed by atoms with Crippen LogP contribution < -0.4 is 26.8 Å². The smallest absolute Gasteiger partial charge is 0.243 e. The number of rotatable bonds is 6. The Morgan fingerprint density at radius 2 is 1.88 bits per heavy atom. The van der Waals surface area contributed by atoms with E-state index >= 15 is 0 Å². The molecule has 3 heterocycles. The average Bonchev–Trinajstić information content (AvgIpc) is 3.24. The molecule has 11 nitrogen and oxygen atoms in total. The maximum absolute atomic E-state index is 13.1. The summed E-state index contributed by atoms with van der Waals surface area (Å²) in [6.45, 7) is 1.06. The highest BCUT2D eigenvalue weighted by molar-refractivity contribution is 5.91. The van der Waals surface area contributed by atoms with Crippen LogP contribution in [0.15, 0.2) is 24.3 Å². The molecule has 34 heavy (non-hydrogen) atoms. The Bertz CT molecular complexity index is 892. The number of nitrogens with zero attached hydrogens (tertiary/aromatic N) is 1. The Kier molecular flexibility index (Phi) is 8.83. The molecule has 1 aromatic rings. The van der Waals surface area contributed by atoms with Crippen molar-refractivity contribution in [2.45, 2.75) is 62.8 Å². The molecule has 0 spiro atoms. The number of hydrogen-bond donors (Lipinski definition) is 5. The Hall–Kier alpha value is -3.18. The molecule has 0 saturated carbocycles. The number of amides is 4. The highest BCUT2D eigenvalue weighted by Crippen LogP contribution is 2.20. The van der Waals surface area contributed by atoms with Crippen molar-refractivity contribution in [2.75, 3.05) is 19.7 Å². The van der Waals surface area contributed by atoms with Gasteiger partial charge in [-0.1, -0.05) is 12.1 Å². The van der Waals surface area contributed by atoms with Crippen LogP contribution in [0.4, 0.5) is 0 Å². The van der Waals surface area contributed by atoms with Crippen LogP contribution in [-0.4, -0.2) is 77.6 Å². The van der Waals surface area contributed by atoms with Crippen molar-refractivity contribution < 1.29 is 29.0 Å². The number of likely N-dealkylation sites (tertiary alicyclic amines) is 1. The van der Waals surface area contributed by atoms with Gasteiger partial charge >= 0.3 is 0 Å². The lowest BCUT2D eigenvalue weighted by molar-refractivity contribution is -0.132. The molecule has 1 fully saturated rings. The lowest BCUT2D eigenvalue weighted by atomic mass is 9.99. The lowest BCUT2D eigenvalue weighted by Gasteiger charge is -2.31. The standard InChI is InChI=1S/C23H33N5O6/c24-20(30)12-17-23(33)27-16(19(29)13-28-9-1-3-18(28)22(25)32)11-14-5-7-15(8-6-14)34-10-2-4-21(31)26-17/h5-8,16-19,29H,1-4,9-13H2,(H2,24,30)(H2,25,32)(H,26,31)(H,27,33)/t16-,17?,18+,19+/m1/s1. The maximum atomic E-state index is 13.1. The van der Waals surface area contributed by atoms with Crippen LogP contribution in [0.2, 0.25) is 0 Å². The van der Waals surface area contributed by atoms with Crippen molar-refractivity contribution in [3.05, 3.63) is 29.8 Å². The van der Waals surface area contributed by atoms with Gasteiger partial charge in [0, 0.05) is 13.0 Å². The molecular formula is C23H33N5O6. The van der Waals surface area contributed by atoms with Crippen LogP contribution in [0, 0.1) is 0 Å². The SMILES string of the molecule is NC(=O)CC1NC(=O)CCCOc2ccc(cc2)C[C@H]([C@@H](O)CN2CCC[C@H]2C(N)=O)NC1=O. The van der Waals surface area contributed by atoms with Crippen molar-refractivity contribution in [3.63, 3.8) is 0 Å². The van der Waals surface area contributed by atoms with Crippen molar-refractivity contribution in [3.8, 4) is 5.75 Å². The maximum Gasteiger partial charge on any atom is 0.243 e. The van der Waals surface area contributed by atoms with Crippen LogP contribution in [-0.2, 0) is 25.6 Å². The monoisotopic (exact) mass is 475 g/mol. The molecule has 186 valence electrons. The van der Waals surface area contributed by atoms with Gasteiger partial charge in [0.1, 0.15) is 11.8 Å². The first-order valence-corrected chi connectivity index (χ1v) is 11.5. The fourth-order valence-electron chi connectivity index (χ4n) is 4.38. The number of nitrogens with two attached hydrogens (primary N) is 2. The zero-order valence-electron chi connectivity index (χ0n) is 19.1. The van der Waals surface area contributed by atoms with E-state index in [0.29, 0.717) is 31.7 Å². The Labute approximate surface area is 198 Å². The zero-order valence-corrected chi connectivity index (χ0v) is 19.1. The van der Waals surface area contributed by atoms with Gasteiger partial charge < -0.3 is 31.9 Å². The minimum Gasteiger partial charge on any atom is -0.494 e. The van der Waals surface area contributed by atoms with E-state index in [2.05, 4.69) is 10.6 Å². The van der Waals surface area contributed by atoms with Gasteiger partial charge in [0.05, 0.1) is 31.2 Å². The number of carbonyl (C=O) groups is 4. The topological polar surface area (TPSA) is 177 Å². The number of β-amino-alcohol motifs (C(OH)–C–C–N with tert-alkyl or cyclic N) is 1. The molecule has 4 rings (SSSR count). The number of hydrogen-bond acceptors (Lipinski definition) is 7. The van der Waals surface area contributed by atoms with Crippen molar-refractivity contribution >= 4 is 23.6 Å². The minimum absolute atomic E-state index is 0.107. The van der Waals surface area contributed by atoms with Gasteiger partial charge in [-0.3, -0.25) is 24.1 Å². The lowest BCUT2D eigenvalue weighted by Crippen LogP contribution is -2.56. The van der Waals surface area contributed by atoms with E-state index in [1.54, 1.807) is 12.1 Å². The van der Waals surface area contributed by atoms with Gasteiger partial charge in [-0.15, -0.1) is 0 Å². The van der Waals surface area contributed by atoms with Crippen LogP contribution in [0.5, 0.6) is 5.75 Å². The number of nitrogens with one attached hydrogen (secondary N) is 2. The first-order valence-electron chi connectivity index (χ1n) is 11.5. The second-order valence-corrected chi connectivity index (χ2v) is 8.83. The third-order valence-electron chi connectivity index (χ3n) is 6.16. The van der Waals surface area contributed by atoms with Gasteiger partial charge in [-0.05, 0) is 49.9 Å². The average molecular weight is 476 g/mol. The van der Waals surface area contributed by atoms with E-state index in [-0.39, 0.29) is 25.8 Å². The summed E-state index contributed by atoms with van der Waals surface area (Å²) in [5, 5.41) is 16.4. The Balaban J connectivity index is 1.83. The summed E-state index contributed by atoms with van der Waals surface area (Å²) < 4.78 is 5.66. The van der Waals surface area contributed by atoms with E-state index in [4.69, 9.17) is 16.2 Å². The molecule has 1 saturated heterocycles. The predicted octanol–water partition coefficient (Wildman–Crippen LogP) is -1.44. The molecule has 4 atom stereocenters. The van der Waals surface area contributed by atoms with Gasteiger partial charge in [-0.25, -0.2) is 0 Å². The molecule has 7 N–H and O–H groups in total. The first kappa shape index (κ1) is 25.4. The molecule has 0 aliphatic carbocycles. The molecule has 0 radical (unpaired) electrons. The molecule has 3 aliphatic rings. The predicted molar refractivity (Wildman–Crippen MR) is 122 cm³/mol. The number of benzene rings is 1. The summed E-state index contributed by atoms with van der Waals surface area (Å²) in [6, 6.07) is 4.87. The zero-order chi connectivity index (χ0) is 24.7. The van der Waals surface area contributed by atoms with E-state index in [1.165, 1.54) is 0 Å². The molecule has 3 aliphatic heterocycles. The van der Waals surface area contributed by atoms with Crippen molar-refractivity contribution in [1.82, 2.24) is 15.5 Å². The van der Waals surface area contributed by atoms with Crippen LogP contribution >= 0.6 is 0 Å². The molecule has 0 aromatic heterocycles. The van der Waals surface area contributed by atoms with Gasteiger partial charge in [-0.2, -0.15) is 0 Å². The molecule has 2 bridgehead atoms. The second kappa shape index (κ2) is 11.8. The summed E-state index contributed by atoms with van der Waals surface area (Å²) in [6.07, 6.45) is 0.798. The summed E-state index contributed by atoms with van der Waals surface area (Å²) in [5.41, 5.74) is 11.6. The van der Waals surface area contributed by atoms with E-state index in [9.17, 15) is 24.3 Å². The summed E-state index contributed by atoms with van der Waals surface area (Å²) in [4.78, 5) is 50.5. The fourth-order valence-corrected chi connectivity index (χ4v) is 4.38. The number of aliphatic hydroxyl groups is 1.